The quantitative estimate of drug-likeness (QED) is 0.761. The summed E-state index contributed by atoms with van der Waals surface area (Å²) in [6.07, 6.45) is 9.54. The topological polar surface area (TPSA) is 3.24 Å². The zero-order chi connectivity index (χ0) is 12.8. The molecule has 0 saturated carbocycles. The second kappa shape index (κ2) is 7.18. The molecular weight excluding hydrogens is 265 g/mol. The molecule has 0 bridgehead atoms. The van der Waals surface area contributed by atoms with E-state index in [1.807, 2.05) is 18.2 Å². The van der Waals surface area contributed by atoms with E-state index < -0.39 is 0 Å². The fraction of sp³-hybridized carbons (Fsp3) is 0.467. The highest BCUT2D eigenvalue weighted by molar-refractivity contribution is 6.42. The van der Waals surface area contributed by atoms with Gasteiger partial charge in [0.05, 0.1) is 10.0 Å². The van der Waals surface area contributed by atoms with Crippen LogP contribution >= 0.6 is 23.2 Å². The standard InChI is InChI=1S/C15H19Cl2N/c16-14-8-7-13(12-15(14)17)6-2-5-11-18-9-3-1-4-10-18/h2,6-8,12H,1,3-5,9-11H2. The summed E-state index contributed by atoms with van der Waals surface area (Å²) in [7, 11) is 0. The van der Waals surface area contributed by atoms with Crippen LogP contribution in [0.3, 0.4) is 0 Å². The van der Waals surface area contributed by atoms with Gasteiger partial charge in [0.2, 0.25) is 0 Å². The minimum Gasteiger partial charge on any atom is -0.303 e. The molecule has 3 heteroatoms. The highest BCUT2D eigenvalue weighted by atomic mass is 35.5. The molecule has 0 N–H and O–H groups in total. The van der Waals surface area contributed by atoms with Crippen LogP contribution in [-0.2, 0) is 0 Å². The number of piperidine rings is 1. The van der Waals surface area contributed by atoms with E-state index in [0.717, 1.165) is 18.5 Å². The van der Waals surface area contributed by atoms with Crippen molar-refractivity contribution in [2.24, 2.45) is 0 Å². The minimum atomic E-state index is 0.613. The van der Waals surface area contributed by atoms with E-state index in [1.54, 1.807) is 0 Å². The number of halogens is 2. The van der Waals surface area contributed by atoms with Crippen molar-refractivity contribution in [2.75, 3.05) is 19.6 Å². The van der Waals surface area contributed by atoms with Crippen LogP contribution in [0.2, 0.25) is 10.0 Å². The summed E-state index contributed by atoms with van der Waals surface area (Å²) in [5, 5.41) is 1.23. The summed E-state index contributed by atoms with van der Waals surface area (Å²) in [4.78, 5) is 2.54. The van der Waals surface area contributed by atoms with Crippen molar-refractivity contribution in [3.8, 4) is 0 Å². The van der Waals surface area contributed by atoms with Crippen LogP contribution in [0, 0.1) is 0 Å². The maximum Gasteiger partial charge on any atom is 0.0598 e. The molecule has 1 aliphatic heterocycles. The average molecular weight is 284 g/mol. The van der Waals surface area contributed by atoms with E-state index in [-0.39, 0.29) is 0 Å². The Morgan fingerprint density at radius 2 is 1.83 bits per heavy atom. The molecule has 1 aromatic rings. The molecule has 1 saturated heterocycles. The van der Waals surface area contributed by atoms with E-state index in [4.69, 9.17) is 23.2 Å². The van der Waals surface area contributed by atoms with Crippen molar-refractivity contribution in [1.29, 1.82) is 0 Å². The Hall–Kier alpha value is -0.500. The van der Waals surface area contributed by atoms with E-state index in [9.17, 15) is 0 Å². The molecule has 18 heavy (non-hydrogen) atoms. The third-order valence-corrected chi connectivity index (χ3v) is 4.05. The summed E-state index contributed by atoms with van der Waals surface area (Å²) >= 11 is 11.9. The maximum absolute atomic E-state index is 5.97. The predicted octanol–water partition coefficient (Wildman–Crippen LogP) is 4.88. The van der Waals surface area contributed by atoms with Gasteiger partial charge in [0.15, 0.2) is 0 Å². The van der Waals surface area contributed by atoms with Crippen molar-refractivity contribution in [3.63, 3.8) is 0 Å². The Labute approximate surface area is 119 Å². The third kappa shape index (κ3) is 4.31. The lowest BCUT2D eigenvalue weighted by molar-refractivity contribution is 0.233. The van der Waals surface area contributed by atoms with E-state index >= 15 is 0 Å². The molecule has 1 heterocycles. The summed E-state index contributed by atoms with van der Waals surface area (Å²) in [5.41, 5.74) is 1.11. The first-order valence-corrected chi connectivity index (χ1v) is 7.35. The van der Waals surface area contributed by atoms with E-state index in [1.165, 1.54) is 32.4 Å². The number of nitrogens with zero attached hydrogens (tertiary/aromatic N) is 1. The molecule has 0 unspecified atom stereocenters. The van der Waals surface area contributed by atoms with Gasteiger partial charge in [0.1, 0.15) is 0 Å². The Bertz CT molecular complexity index is 409. The number of benzene rings is 1. The van der Waals surface area contributed by atoms with Crippen LogP contribution in [0.25, 0.3) is 6.08 Å². The van der Waals surface area contributed by atoms with Crippen LogP contribution in [0.4, 0.5) is 0 Å². The van der Waals surface area contributed by atoms with Crippen molar-refractivity contribution in [3.05, 3.63) is 39.9 Å². The molecule has 2 rings (SSSR count). The molecule has 0 aromatic heterocycles. The number of rotatable bonds is 4. The van der Waals surface area contributed by atoms with Gasteiger partial charge in [-0.25, -0.2) is 0 Å². The first kappa shape index (κ1) is 13.9. The first-order chi connectivity index (χ1) is 8.75. The van der Waals surface area contributed by atoms with Gasteiger partial charge in [-0.05, 0) is 50.0 Å². The van der Waals surface area contributed by atoms with Crippen molar-refractivity contribution in [2.45, 2.75) is 25.7 Å². The lowest BCUT2D eigenvalue weighted by Crippen LogP contribution is -2.30. The Morgan fingerprint density at radius 1 is 1.06 bits per heavy atom. The molecule has 0 radical (unpaired) electrons. The average Bonchev–Trinajstić information content (AvgIpc) is 2.40. The van der Waals surface area contributed by atoms with Gasteiger partial charge in [-0.2, -0.15) is 0 Å². The normalized spacial score (nSPS) is 17.4. The lowest BCUT2D eigenvalue weighted by Gasteiger charge is -2.25. The number of hydrogen-bond donors (Lipinski definition) is 0. The van der Waals surface area contributed by atoms with Crippen LogP contribution < -0.4 is 0 Å². The van der Waals surface area contributed by atoms with Crippen molar-refractivity contribution < 1.29 is 0 Å². The minimum absolute atomic E-state index is 0.613. The summed E-state index contributed by atoms with van der Waals surface area (Å²) in [6.45, 7) is 3.69. The van der Waals surface area contributed by atoms with Gasteiger partial charge in [-0.3, -0.25) is 0 Å². The highest BCUT2D eigenvalue weighted by Gasteiger charge is 2.07. The Kier molecular flexibility index (Phi) is 5.55. The summed E-state index contributed by atoms with van der Waals surface area (Å²) in [6, 6.07) is 5.74. The van der Waals surface area contributed by atoms with Crippen LogP contribution in [0.5, 0.6) is 0 Å². The third-order valence-electron chi connectivity index (χ3n) is 3.31. The van der Waals surface area contributed by atoms with Crippen molar-refractivity contribution >= 4 is 29.3 Å². The molecule has 1 nitrogen and oxygen atoms in total. The largest absolute Gasteiger partial charge is 0.303 e. The Morgan fingerprint density at radius 3 is 2.56 bits per heavy atom. The zero-order valence-electron chi connectivity index (χ0n) is 10.5. The summed E-state index contributed by atoms with van der Waals surface area (Å²) in [5.74, 6) is 0. The molecule has 0 aliphatic carbocycles. The molecular formula is C15H19Cl2N. The van der Waals surface area contributed by atoms with Gasteiger partial charge in [-0.1, -0.05) is 47.8 Å². The highest BCUT2D eigenvalue weighted by Crippen LogP contribution is 2.23. The zero-order valence-corrected chi connectivity index (χ0v) is 12.1. The van der Waals surface area contributed by atoms with Gasteiger partial charge in [-0.15, -0.1) is 0 Å². The van der Waals surface area contributed by atoms with Gasteiger partial charge < -0.3 is 4.90 Å². The Balaban J connectivity index is 1.78. The molecule has 0 amide bonds. The van der Waals surface area contributed by atoms with Gasteiger partial charge in [0, 0.05) is 6.54 Å². The number of hydrogen-bond acceptors (Lipinski definition) is 1. The van der Waals surface area contributed by atoms with E-state index in [2.05, 4.69) is 17.1 Å². The molecule has 1 aromatic carbocycles. The van der Waals surface area contributed by atoms with Crippen LogP contribution in [0.15, 0.2) is 24.3 Å². The molecule has 1 aliphatic rings. The smallest absolute Gasteiger partial charge is 0.0598 e. The van der Waals surface area contributed by atoms with Crippen molar-refractivity contribution in [1.82, 2.24) is 4.90 Å². The monoisotopic (exact) mass is 283 g/mol. The molecule has 98 valence electrons. The van der Waals surface area contributed by atoms with Crippen LogP contribution in [0.1, 0.15) is 31.2 Å². The van der Waals surface area contributed by atoms with E-state index in [0.29, 0.717) is 10.0 Å². The SMILES string of the molecule is Clc1ccc(C=CCCN2CCCCC2)cc1Cl. The van der Waals surface area contributed by atoms with Gasteiger partial charge >= 0.3 is 0 Å². The van der Waals surface area contributed by atoms with Crippen LogP contribution in [-0.4, -0.2) is 24.5 Å². The second-order valence-electron chi connectivity index (χ2n) is 4.77. The number of likely N-dealkylation sites (tertiary alicyclic amines) is 1. The molecule has 1 fully saturated rings. The first-order valence-electron chi connectivity index (χ1n) is 6.59. The predicted molar refractivity (Wildman–Crippen MR) is 80.4 cm³/mol. The maximum atomic E-state index is 5.97. The summed E-state index contributed by atoms with van der Waals surface area (Å²) < 4.78 is 0. The lowest BCUT2D eigenvalue weighted by atomic mass is 10.1. The second-order valence-corrected chi connectivity index (χ2v) is 5.58. The fourth-order valence-electron chi connectivity index (χ4n) is 2.28. The molecule has 0 atom stereocenters. The molecule has 0 spiro atoms. The van der Waals surface area contributed by atoms with Gasteiger partial charge in [0.25, 0.3) is 0 Å². The fourth-order valence-corrected chi connectivity index (χ4v) is 2.58.